The Morgan fingerprint density at radius 2 is 1.79 bits per heavy atom. The van der Waals surface area contributed by atoms with Gasteiger partial charge in [0.25, 0.3) is 0 Å². The Labute approximate surface area is 191 Å². The van der Waals surface area contributed by atoms with Crippen LogP contribution in [0.5, 0.6) is 11.8 Å². The van der Waals surface area contributed by atoms with Gasteiger partial charge in [-0.15, -0.1) is 5.10 Å². The summed E-state index contributed by atoms with van der Waals surface area (Å²) in [6.45, 7) is 3.88. The summed E-state index contributed by atoms with van der Waals surface area (Å²) in [6.07, 6.45) is 2.80. The zero-order valence-electron chi connectivity index (χ0n) is 18.2. The van der Waals surface area contributed by atoms with E-state index in [9.17, 15) is 16.8 Å². The Bertz CT molecular complexity index is 1520. The maximum absolute atomic E-state index is 13.0. The van der Waals surface area contributed by atoms with Crippen molar-refractivity contribution in [1.29, 1.82) is 0 Å². The first-order valence-corrected chi connectivity index (χ1v) is 13.5. The molecule has 0 fully saturated rings. The number of hydrogen-bond donors (Lipinski definition) is 2. The lowest BCUT2D eigenvalue weighted by Crippen LogP contribution is -2.30. The van der Waals surface area contributed by atoms with Gasteiger partial charge < -0.3 is 9.72 Å². The lowest BCUT2D eigenvalue weighted by atomic mass is 10.2. The summed E-state index contributed by atoms with van der Waals surface area (Å²) < 4.78 is 60.2. The number of nitrogens with zero attached hydrogens (tertiary/aromatic N) is 3. The molecule has 12 heteroatoms. The zero-order valence-corrected chi connectivity index (χ0v) is 19.8. The number of aromatic nitrogens is 4. The maximum atomic E-state index is 13.0. The van der Waals surface area contributed by atoms with Gasteiger partial charge in [0.1, 0.15) is 10.6 Å². The largest absolute Gasteiger partial charge is 0.424 e. The van der Waals surface area contributed by atoms with E-state index in [0.29, 0.717) is 18.1 Å². The van der Waals surface area contributed by atoms with Gasteiger partial charge in [-0.2, -0.15) is 0 Å². The van der Waals surface area contributed by atoms with Crippen LogP contribution in [0.25, 0.3) is 10.9 Å². The molecule has 0 amide bonds. The first kappa shape index (κ1) is 23.0. The van der Waals surface area contributed by atoms with E-state index in [1.54, 1.807) is 17.6 Å². The third-order valence-electron chi connectivity index (χ3n) is 5.05. The molecular weight excluding hydrogens is 466 g/mol. The van der Waals surface area contributed by atoms with Gasteiger partial charge in [0.05, 0.1) is 10.9 Å². The number of H-pyrrole nitrogens is 1. The van der Waals surface area contributed by atoms with Crippen LogP contribution in [0.15, 0.2) is 64.5 Å². The second-order valence-corrected chi connectivity index (χ2v) is 11.1. The second-order valence-electron chi connectivity index (χ2n) is 7.48. The number of nitrogens with one attached hydrogen (secondary N) is 2. The van der Waals surface area contributed by atoms with Crippen LogP contribution in [-0.2, 0) is 26.4 Å². The van der Waals surface area contributed by atoms with Gasteiger partial charge in [0, 0.05) is 30.6 Å². The van der Waals surface area contributed by atoms with Crippen LogP contribution in [0.2, 0.25) is 0 Å². The third kappa shape index (κ3) is 4.63. The summed E-state index contributed by atoms with van der Waals surface area (Å²) in [6, 6.07) is 12.3. The van der Waals surface area contributed by atoms with Gasteiger partial charge in [-0.25, -0.2) is 21.6 Å². The molecule has 33 heavy (non-hydrogen) atoms. The number of benzene rings is 2. The molecule has 0 aliphatic rings. The molecule has 10 nitrogen and oxygen atoms in total. The number of sulfone groups is 1. The van der Waals surface area contributed by atoms with E-state index >= 15 is 0 Å². The molecule has 174 valence electrons. The summed E-state index contributed by atoms with van der Waals surface area (Å²) in [7, 11) is -7.92. The van der Waals surface area contributed by atoms with Crippen molar-refractivity contribution in [2.75, 3.05) is 6.26 Å². The predicted octanol–water partition coefficient (Wildman–Crippen LogP) is 3.01. The molecule has 0 aliphatic heterocycles. The minimum absolute atomic E-state index is 0.209. The monoisotopic (exact) mass is 489 g/mol. The van der Waals surface area contributed by atoms with Gasteiger partial charge in [-0.1, -0.05) is 17.2 Å². The lowest BCUT2D eigenvalue weighted by Gasteiger charge is -2.16. The third-order valence-corrected chi connectivity index (χ3v) is 7.94. The molecule has 0 aliphatic carbocycles. The van der Waals surface area contributed by atoms with Crippen molar-refractivity contribution in [2.45, 2.75) is 36.2 Å². The maximum Gasteiger partial charge on any atom is 0.322 e. The Morgan fingerprint density at radius 3 is 2.48 bits per heavy atom. The average Bonchev–Trinajstić information content (AvgIpc) is 3.39. The standard InChI is InChI=1S/C21H23N5O5S2/c1-4-26-20(23-24-21(26)31-16-10-9-15-11-12-22-17(15)13-16)14(2)25-33(29,30)19-8-6-5-7-18(19)32(3,27)28/h5-14,22,25H,4H2,1-3H3/t14-/m1/s1. The molecule has 2 aromatic heterocycles. The van der Waals surface area contributed by atoms with E-state index in [2.05, 4.69) is 19.9 Å². The van der Waals surface area contributed by atoms with Crippen LogP contribution < -0.4 is 9.46 Å². The minimum Gasteiger partial charge on any atom is -0.424 e. The van der Waals surface area contributed by atoms with Crippen molar-refractivity contribution < 1.29 is 21.6 Å². The van der Waals surface area contributed by atoms with Gasteiger partial charge in [0.2, 0.25) is 10.0 Å². The molecule has 2 aromatic carbocycles. The van der Waals surface area contributed by atoms with Crippen molar-refractivity contribution in [3.05, 3.63) is 60.6 Å². The highest BCUT2D eigenvalue weighted by Gasteiger charge is 2.28. The van der Waals surface area contributed by atoms with Crippen LogP contribution >= 0.6 is 0 Å². The van der Waals surface area contributed by atoms with Crippen molar-refractivity contribution in [3.63, 3.8) is 0 Å². The topological polar surface area (TPSA) is 136 Å². The lowest BCUT2D eigenvalue weighted by molar-refractivity contribution is 0.408. The number of ether oxygens (including phenoxy) is 1. The van der Waals surface area contributed by atoms with E-state index in [4.69, 9.17) is 4.74 Å². The highest BCUT2D eigenvalue weighted by molar-refractivity contribution is 7.93. The SMILES string of the molecule is CCn1c(Oc2ccc3cc[nH]c3c2)nnc1[C@@H](C)NS(=O)(=O)c1ccccc1S(C)(=O)=O. The van der Waals surface area contributed by atoms with Crippen LogP contribution in [-0.4, -0.2) is 42.8 Å². The Balaban J connectivity index is 1.61. The molecule has 0 radical (unpaired) electrons. The summed E-state index contributed by atoms with van der Waals surface area (Å²) >= 11 is 0. The summed E-state index contributed by atoms with van der Waals surface area (Å²) in [5.41, 5.74) is 0.904. The Kier molecular flexibility index (Phi) is 5.99. The fourth-order valence-electron chi connectivity index (χ4n) is 3.52. The summed E-state index contributed by atoms with van der Waals surface area (Å²) in [4.78, 5) is 2.52. The zero-order chi connectivity index (χ0) is 23.8. The second kappa shape index (κ2) is 8.61. The number of aromatic amines is 1. The molecule has 4 aromatic rings. The van der Waals surface area contributed by atoms with E-state index in [0.717, 1.165) is 17.2 Å². The Hall–Kier alpha value is -3.22. The molecule has 2 heterocycles. The molecule has 0 unspecified atom stereocenters. The number of sulfonamides is 1. The van der Waals surface area contributed by atoms with E-state index in [1.165, 1.54) is 24.3 Å². The average molecular weight is 490 g/mol. The molecule has 0 saturated carbocycles. The van der Waals surface area contributed by atoms with Crippen LogP contribution in [0.3, 0.4) is 0 Å². The van der Waals surface area contributed by atoms with Gasteiger partial charge in [-0.05, 0) is 49.6 Å². The van der Waals surface area contributed by atoms with E-state index in [-0.39, 0.29) is 15.8 Å². The summed E-state index contributed by atoms with van der Waals surface area (Å²) in [5.74, 6) is 0.878. The molecule has 1 atom stereocenters. The molecule has 0 saturated heterocycles. The Morgan fingerprint density at radius 1 is 1.06 bits per heavy atom. The van der Waals surface area contributed by atoms with Gasteiger partial charge in [-0.3, -0.25) is 4.57 Å². The van der Waals surface area contributed by atoms with Crippen LogP contribution in [0.1, 0.15) is 25.7 Å². The highest BCUT2D eigenvalue weighted by atomic mass is 32.2. The van der Waals surface area contributed by atoms with Crippen molar-refractivity contribution in [1.82, 2.24) is 24.5 Å². The quantitative estimate of drug-likeness (QED) is 0.388. The molecular formula is C21H23N5O5S2. The van der Waals surface area contributed by atoms with E-state index in [1.807, 2.05) is 31.3 Å². The molecule has 4 rings (SSSR count). The molecule has 0 bridgehead atoms. The normalized spacial score (nSPS) is 13.3. The van der Waals surface area contributed by atoms with Crippen molar-refractivity contribution in [2.24, 2.45) is 0 Å². The first-order valence-electron chi connectivity index (χ1n) is 10.1. The fourth-order valence-corrected chi connectivity index (χ4v) is 6.35. The van der Waals surface area contributed by atoms with Crippen LogP contribution in [0, 0.1) is 0 Å². The smallest absolute Gasteiger partial charge is 0.322 e. The highest BCUT2D eigenvalue weighted by Crippen LogP contribution is 2.27. The number of hydrogen-bond acceptors (Lipinski definition) is 7. The summed E-state index contributed by atoms with van der Waals surface area (Å²) in [5, 5.41) is 9.24. The van der Waals surface area contributed by atoms with Crippen molar-refractivity contribution >= 4 is 30.8 Å². The number of rotatable bonds is 8. The van der Waals surface area contributed by atoms with Crippen LogP contribution in [0.4, 0.5) is 0 Å². The van der Waals surface area contributed by atoms with E-state index < -0.39 is 25.9 Å². The fraction of sp³-hybridized carbons (Fsp3) is 0.238. The molecule has 0 spiro atoms. The predicted molar refractivity (Wildman–Crippen MR) is 122 cm³/mol. The van der Waals surface area contributed by atoms with Gasteiger partial charge in [0.15, 0.2) is 15.7 Å². The van der Waals surface area contributed by atoms with Gasteiger partial charge >= 0.3 is 6.01 Å². The minimum atomic E-state index is -4.17. The first-order chi connectivity index (χ1) is 15.6. The number of fused-ring (bicyclic) bond motifs is 1. The molecule has 2 N–H and O–H groups in total. The van der Waals surface area contributed by atoms with Crippen molar-refractivity contribution in [3.8, 4) is 11.8 Å².